The summed E-state index contributed by atoms with van der Waals surface area (Å²) in [5.74, 6) is 0. The molecule has 0 atom stereocenters. The van der Waals surface area contributed by atoms with E-state index >= 15 is 0 Å². The van der Waals surface area contributed by atoms with Crippen LogP contribution in [0, 0.1) is 27.2 Å². The van der Waals surface area contributed by atoms with Crippen molar-refractivity contribution in [3.8, 4) is 0 Å². The number of anilines is 1. The Hall–Kier alpha value is -2.26. The van der Waals surface area contributed by atoms with Crippen molar-refractivity contribution in [2.24, 2.45) is 0 Å². The van der Waals surface area contributed by atoms with Gasteiger partial charge in [0.15, 0.2) is 12.0 Å². The van der Waals surface area contributed by atoms with E-state index in [4.69, 9.17) is 9.47 Å². The van der Waals surface area contributed by atoms with E-state index in [0.717, 1.165) is 0 Å². The summed E-state index contributed by atoms with van der Waals surface area (Å²) >= 11 is 0. The van der Waals surface area contributed by atoms with Gasteiger partial charge in [0.2, 0.25) is 0 Å². The molecule has 108 valence electrons. The largest absolute Gasteiger partial charge is 0.369 e. The van der Waals surface area contributed by atoms with Crippen molar-refractivity contribution in [2.75, 3.05) is 25.1 Å². The summed E-state index contributed by atoms with van der Waals surface area (Å²) in [7, 11) is 0. The second-order valence-corrected chi connectivity index (χ2v) is 4.24. The molecular formula is C11H13N3O6. The summed E-state index contributed by atoms with van der Waals surface area (Å²) in [5, 5.41) is 24.7. The van der Waals surface area contributed by atoms with Gasteiger partial charge in [0.05, 0.1) is 29.6 Å². The summed E-state index contributed by atoms with van der Waals surface area (Å²) in [6.45, 7) is 2.53. The number of hydrogen-bond donors (Lipinski definition) is 1. The Morgan fingerprint density at radius 1 is 1.20 bits per heavy atom. The van der Waals surface area contributed by atoms with E-state index in [2.05, 4.69) is 5.32 Å². The molecule has 0 radical (unpaired) electrons. The zero-order valence-corrected chi connectivity index (χ0v) is 10.7. The van der Waals surface area contributed by atoms with Crippen LogP contribution in [0.4, 0.5) is 17.1 Å². The molecule has 1 aromatic rings. The molecule has 20 heavy (non-hydrogen) atoms. The van der Waals surface area contributed by atoms with Gasteiger partial charge in [-0.2, -0.15) is 0 Å². The average molecular weight is 283 g/mol. The molecule has 0 bridgehead atoms. The monoisotopic (exact) mass is 283 g/mol. The molecule has 0 spiro atoms. The van der Waals surface area contributed by atoms with Crippen LogP contribution in [0.5, 0.6) is 0 Å². The van der Waals surface area contributed by atoms with E-state index in [1.807, 2.05) is 0 Å². The number of nitrogens with zero attached hydrogens (tertiary/aromatic N) is 2. The van der Waals surface area contributed by atoms with Crippen molar-refractivity contribution in [3.05, 3.63) is 37.9 Å². The third kappa shape index (κ3) is 3.00. The van der Waals surface area contributed by atoms with Crippen LogP contribution in [0.15, 0.2) is 12.1 Å². The number of hydrogen-bond acceptors (Lipinski definition) is 7. The van der Waals surface area contributed by atoms with Gasteiger partial charge in [-0.15, -0.1) is 0 Å². The maximum Gasteiger partial charge on any atom is 0.299 e. The Morgan fingerprint density at radius 2 is 1.70 bits per heavy atom. The number of ether oxygens (including phenoxy) is 2. The minimum atomic E-state index is -0.654. The summed E-state index contributed by atoms with van der Waals surface area (Å²) in [6, 6.07) is 2.57. The third-order valence-corrected chi connectivity index (χ3v) is 2.77. The molecule has 9 nitrogen and oxygen atoms in total. The smallest absolute Gasteiger partial charge is 0.299 e. The molecular weight excluding hydrogens is 270 g/mol. The zero-order valence-electron chi connectivity index (χ0n) is 10.7. The predicted octanol–water partition coefficient (Wildman–Crippen LogP) is 1.60. The Morgan fingerprint density at radius 3 is 2.15 bits per heavy atom. The Balaban J connectivity index is 2.31. The molecule has 1 aromatic carbocycles. The minimum Gasteiger partial charge on any atom is -0.369 e. The Labute approximate surface area is 113 Å². The van der Waals surface area contributed by atoms with Crippen LogP contribution in [0.25, 0.3) is 0 Å². The molecule has 0 saturated carbocycles. The molecule has 1 saturated heterocycles. The van der Waals surface area contributed by atoms with Gasteiger partial charge in [0.25, 0.3) is 11.4 Å². The summed E-state index contributed by atoms with van der Waals surface area (Å²) < 4.78 is 10.3. The first kappa shape index (κ1) is 14.2. The molecule has 0 unspecified atom stereocenters. The van der Waals surface area contributed by atoms with Gasteiger partial charge < -0.3 is 14.8 Å². The fourth-order valence-electron chi connectivity index (χ4n) is 1.93. The van der Waals surface area contributed by atoms with Crippen LogP contribution >= 0.6 is 0 Å². The van der Waals surface area contributed by atoms with Crippen LogP contribution in [0.3, 0.4) is 0 Å². The lowest BCUT2D eigenvalue weighted by Crippen LogP contribution is -2.21. The maximum absolute atomic E-state index is 11.0. The second-order valence-electron chi connectivity index (χ2n) is 4.24. The van der Waals surface area contributed by atoms with Crippen molar-refractivity contribution in [2.45, 2.75) is 13.2 Å². The highest BCUT2D eigenvalue weighted by atomic mass is 16.7. The van der Waals surface area contributed by atoms with Crippen molar-refractivity contribution in [1.82, 2.24) is 0 Å². The van der Waals surface area contributed by atoms with Gasteiger partial charge in [-0.05, 0) is 12.5 Å². The molecule has 1 heterocycles. The van der Waals surface area contributed by atoms with Gasteiger partial charge in [-0.25, -0.2) is 0 Å². The molecule has 9 heteroatoms. The van der Waals surface area contributed by atoms with Crippen LogP contribution in [-0.2, 0) is 9.47 Å². The first-order valence-electron chi connectivity index (χ1n) is 5.89. The van der Waals surface area contributed by atoms with Gasteiger partial charge >= 0.3 is 0 Å². The maximum atomic E-state index is 11.0. The lowest BCUT2D eigenvalue weighted by molar-refractivity contribution is -0.392. The Bertz CT molecular complexity index is 506. The van der Waals surface area contributed by atoms with E-state index in [1.54, 1.807) is 6.92 Å². The first-order chi connectivity index (χ1) is 9.49. The number of benzene rings is 1. The second kappa shape index (κ2) is 5.80. The average Bonchev–Trinajstić information content (AvgIpc) is 2.89. The lowest BCUT2D eigenvalue weighted by atomic mass is 10.1. The van der Waals surface area contributed by atoms with Crippen LogP contribution in [0.1, 0.15) is 5.56 Å². The molecule has 1 aliphatic heterocycles. The highest BCUT2D eigenvalue weighted by Crippen LogP contribution is 2.35. The SMILES string of the molecule is Cc1cc([N+](=O)[O-])c(NCC2OCCO2)c([N+](=O)[O-])c1. The quantitative estimate of drug-likeness (QED) is 0.644. The van der Waals surface area contributed by atoms with Crippen LogP contribution in [0.2, 0.25) is 0 Å². The van der Waals surface area contributed by atoms with Gasteiger partial charge in [-0.3, -0.25) is 20.2 Å². The van der Waals surface area contributed by atoms with Gasteiger partial charge in [0, 0.05) is 12.1 Å². The van der Waals surface area contributed by atoms with Crippen molar-refractivity contribution in [3.63, 3.8) is 0 Å². The number of aryl methyl sites for hydroxylation is 1. The molecule has 1 aliphatic rings. The van der Waals surface area contributed by atoms with Crippen molar-refractivity contribution in [1.29, 1.82) is 0 Å². The highest BCUT2D eigenvalue weighted by molar-refractivity contribution is 5.74. The van der Waals surface area contributed by atoms with E-state index in [9.17, 15) is 20.2 Å². The fourth-order valence-corrected chi connectivity index (χ4v) is 1.93. The van der Waals surface area contributed by atoms with E-state index < -0.39 is 16.1 Å². The molecule has 0 aliphatic carbocycles. The van der Waals surface area contributed by atoms with Gasteiger partial charge in [-0.1, -0.05) is 0 Å². The van der Waals surface area contributed by atoms with E-state index in [1.165, 1.54) is 12.1 Å². The number of nitro groups is 2. The zero-order chi connectivity index (χ0) is 14.7. The molecule has 2 rings (SSSR count). The van der Waals surface area contributed by atoms with Crippen molar-refractivity contribution < 1.29 is 19.3 Å². The van der Waals surface area contributed by atoms with Crippen molar-refractivity contribution >= 4 is 17.1 Å². The molecule has 1 N–H and O–H groups in total. The summed E-state index contributed by atoms with van der Waals surface area (Å²) in [6.07, 6.45) is -0.560. The molecule has 0 aromatic heterocycles. The number of nitro benzene ring substituents is 2. The van der Waals surface area contributed by atoms with Gasteiger partial charge in [0.1, 0.15) is 0 Å². The van der Waals surface area contributed by atoms with E-state index in [0.29, 0.717) is 18.8 Å². The molecule has 1 fully saturated rings. The Kier molecular flexibility index (Phi) is 4.11. The first-order valence-corrected chi connectivity index (χ1v) is 5.89. The lowest BCUT2D eigenvalue weighted by Gasteiger charge is -2.12. The van der Waals surface area contributed by atoms with E-state index in [-0.39, 0.29) is 23.6 Å². The third-order valence-electron chi connectivity index (χ3n) is 2.77. The molecule has 0 amide bonds. The predicted molar refractivity (Wildman–Crippen MR) is 68.7 cm³/mol. The highest BCUT2D eigenvalue weighted by Gasteiger charge is 2.27. The minimum absolute atomic E-state index is 0.102. The number of rotatable bonds is 5. The van der Waals surface area contributed by atoms with Crippen LogP contribution in [-0.4, -0.2) is 35.9 Å². The standard InChI is InChI=1S/C11H13N3O6/c1-7-4-8(13(15)16)11(9(5-7)14(17)18)12-6-10-19-2-3-20-10/h4-5,10,12H,2-3,6H2,1H3. The normalized spacial score (nSPS) is 15.2. The summed E-state index contributed by atoms with van der Waals surface area (Å²) in [4.78, 5) is 20.7. The topological polar surface area (TPSA) is 117 Å². The summed E-state index contributed by atoms with van der Waals surface area (Å²) in [5.41, 5.74) is -0.364. The van der Waals surface area contributed by atoms with Crippen LogP contribution < -0.4 is 5.32 Å². The number of nitrogens with one attached hydrogen (secondary N) is 1. The fraction of sp³-hybridized carbons (Fsp3) is 0.455.